The van der Waals surface area contributed by atoms with Crippen molar-refractivity contribution in [2.24, 2.45) is 0 Å². The van der Waals surface area contributed by atoms with E-state index in [-0.39, 0.29) is 23.5 Å². The third kappa shape index (κ3) is 3.99. The second kappa shape index (κ2) is 8.26. The Balaban J connectivity index is 1.63. The van der Waals surface area contributed by atoms with Crippen LogP contribution in [0.1, 0.15) is 63.4 Å². The molecule has 4 rings (SSSR count). The highest BCUT2D eigenvalue weighted by Gasteiger charge is 2.35. The molecule has 1 aliphatic heterocycles. The lowest BCUT2D eigenvalue weighted by Crippen LogP contribution is -2.49. The van der Waals surface area contributed by atoms with Gasteiger partial charge in [0.05, 0.1) is 17.4 Å². The van der Waals surface area contributed by atoms with Gasteiger partial charge in [-0.2, -0.15) is 0 Å². The number of benzene rings is 1. The summed E-state index contributed by atoms with van der Waals surface area (Å²) in [5, 5.41) is 14.9. The number of carbonyl (C=O) groups is 3. The molecule has 0 radical (unpaired) electrons. The van der Waals surface area contributed by atoms with Crippen molar-refractivity contribution >= 4 is 23.3 Å². The molecule has 1 aromatic carbocycles. The predicted octanol–water partition coefficient (Wildman–Crippen LogP) is 2.65. The highest BCUT2D eigenvalue weighted by Crippen LogP contribution is 2.30. The lowest BCUT2D eigenvalue weighted by molar-refractivity contribution is -0.119. The van der Waals surface area contributed by atoms with E-state index >= 15 is 0 Å². The molecule has 1 fully saturated rings. The summed E-state index contributed by atoms with van der Waals surface area (Å²) < 4.78 is 15.3. The van der Waals surface area contributed by atoms with E-state index in [2.05, 4.69) is 10.6 Å². The average molecular weight is 427 g/mol. The smallest absolute Gasteiger partial charge is 0.294 e. The first-order valence-electron chi connectivity index (χ1n) is 10.6. The van der Waals surface area contributed by atoms with Crippen LogP contribution in [0.2, 0.25) is 0 Å². The minimum Gasteiger partial charge on any atom is -0.393 e. The van der Waals surface area contributed by atoms with Gasteiger partial charge < -0.3 is 20.3 Å². The summed E-state index contributed by atoms with van der Waals surface area (Å²) in [5.41, 5.74) is 2.75. The van der Waals surface area contributed by atoms with E-state index in [4.69, 9.17) is 0 Å². The zero-order valence-corrected chi connectivity index (χ0v) is 17.6. The van der Waals surface area contributed by atoms with E-state index in [1.165, 1.54) is 12.1 Å². The topological polar surface area (TPSA) is 100 Å². The number of Topliss-reactive ketones (excluding diaryl/α,β-unsaturated/α-hetero) is 1. The van der Waals surface area contributed by atoms with E-state index in [0.29, 0.717) is 48.2 Å². The molecule has 8 heteroatoms. The second-order valence-corrected chi connectivity index (χ2v) is 8.45. The van der Waals surface area contributed by atoms with Crippen molar-refractivity contribution in [1.82, 2.24) is 9.88 Å². The van der Waals surface area contributed by atoms with Gasteiger partial charge in [0.25, 0.3) is 17.6 Å². The highest BCUT2D eigenvalue weighted by molar-refractivity contribution is 6.43. The number of anilines is 1. The first-order chi connectivity index (χ1) is 14.8. The number of nitrogens with zero attached hydrogens (tertiary/aromatic N) is 1. The molecule has 2 aromatic rings. The molecular formula is C23H26FN3O4. The van der Waals surface area contributed by atoms with E-state index in [0.717, 1.165) is 18.5 Å². The highest BCUT2D eigenvalue weighted by atomic mass is 19.1. The van der Waals surface area contributed by atoms with Crippen LogP contribution < -0.4 is 10.6 Å². The Morgan fingerprint density at radius 1 is 1.16 bits per heavy atom. The molecule has 7 nitrogen and oxygen atoms in total. The van der Waals surface area contributed by atoms with Crippen LogP contribution in [0.5, 0.6) is 0 Å². The fourth-order valence-electron chi connectivity index (χ4n) is 4.45. The maximum absolute atomic E-state index is 13.6. The molecule has 0 spiro atoms. The number of halogens is 1. The zero-order valence-electron chi connectivity index (χ0n) is 17.6. The van der Waals surface area contributed by atoms with Gasteiger partial charge in [0, 0.05) is 24.0 Å². The fourth-order valence-corrected chi connectivity index (χ4v) is 4.45. The van der Waals surface area contributed by atoms with Gasteiger partial charge in [0.2, 0.25) is 0 Å². The molecule has 3 N–H and O–H groups in total. The Bertz CT molecular complexity index is 1070. The minimum atomic E-state index is -0.716. The maximum atomic E-state index is 13.6. The van der Waals surface area contributed by atoms with Gasteiger partial charge in [-0.05, 0) is 75.3 Å². The van der Waals surface area contributed by atoms with Crippen LogP contribution >= 0.6 is 0 Å². The summed E-state index contributed by atoms with van der Waals surface area (Å²) in [5.74, 6) is -2.12. The molecule has 0 atom stereocenters. The number of aryl methyl sites for hydroxylation is 1. The predicted molar refractivity (Wildman–Crippen MR) is 113 cm³/mol. The summed E-state index contributed by atoms with van der Waals surface area (Å²) >= 11 is 0. The summed E-state index contributed by atoms with van der Waals surface area (Å²) in [4.78, 5) is 38.7. The van der Waals surface area contributed by atoms with Gasteiger partial charge in [-0.15, -0.1) is 0 Å². The van der Waals surface area contributed by atoms with Crippen molar-refractivity contribution in [3.63, 3.8) is 0 Å². The van der Waals surface area contributed by atoms with E-state index in [1.54, 1.807) is 24.5 Å². The van der Waals surface area contributed by atoms with Crippen LogP contribution in [0.25, 0.3) is 0 Å². The Kier molecular flexibility index (Phi) is 5.66. The molecule has 2 aliphatic rings. The summed E-state index contributed by atoms with van der Waals surface area (Å²) in [6.07, 6.45) is 2.82. The van der Waals surface area contributed by atoms with Gasteiger partial charge >= 0.3 is 0 Å². The number of amides is 2. The first-order valence-corrected chi connectivity index (χ1v) is 10.6. The van der Waals surface area contributed by atoms with Crippen molar-refractivity contribution < 1.29 is 23.9 Å². The SMILES string of the molecule is Cc1cc(NC(=O)c2c(C)c(C(=O)C(=O)N[C@H]3C[C@H](O)C3)n3c2CCCC3)ccc1F. The fraction of sp³-hybridized carbons (Fsp3) is 0.435. The largest absolute Gasteiger partial charge is 0.393 e. The van der Waals surface area contributed by atoms with Crippen LogP contribution in [0, 0.1) is 19.7 Å². The Morgan fingerprint density at radius 2 is 1.90 bits per heavy atom. The number of fused-ring (bicyclic) bond motifs is 1. The average Bonchev–Trinajstić information content (AvgIpc) is 3.00. The third-order valence-corrected chi connectivity index (χ3v) is 6.17. The first kappa shape index (κ1) is 21.2. The standard InChI is InChI=1S/C23H26FN3O4/c1-12-9-14(6-7-17(12)24)25-22(30)19-13(2)20(27-8-4-3-5-18(19)27)21(29)23(31)26-15-10-16(28)11-15/h6-7,9,15-16,28H,3-5,8,10-11H2,1-2H3,(H,25,30)(H,26,31)/t15-,16-. The normalized spacial score (nSPS) is 19.9. The Hall–Kier alpha value is -3.00. The minimum absolute atomic E-state index is 0.202. The quantitative estimate of drug-likeness (QED) is 0.505. The van der Waals surface area contributed by atoms with Crippen LogP contribution in [-0.2, 0) is 17.8 Å². The summed E-state index contributed by atoms with van der Waals surface area (Å²) in [6, 6.07) is 4.14. The monoisotopic (exact) mass is 427 g/mol. The van der Waals surface area contributed by atoms with Crippen molar-refractivity contribution in [2.75, 3.05) is 5.32 Å². The molecule has 31 heavy (non-hydrogen) atoms. The van der Waals surface area contributed by atoms with Crippen LogP contribution in [0.3, 0.4) is 0 Å². The summed E-state index contributed by atoms with van der Waals surface area (Å²) in [7, 11) is 0. The van der Waals surface area contributed by atoms with Gasteiger partial charge in [-0.3, -0.25) is 14.4 Å². The van der Waals surface area contributed by atoms with E-state index in [9.17, 15) is 23.9 Å². The second-order valence-electron chi connectivity index (χ2n) is 8.45. The molecule has 0 bridgehead atoms. The number of ketones is 1. The molecule has 1 saturated carbocycles. The number of aliphatic hydroxyl groups excluding tert-OH is 1. The molecule has 2 heterocycles. The molecule has 1 aliphatic carbocycles. The van der Waals surface area contributed by atoms with Crippen molar-refractivity contribution in [2.45, 2.75) is 64.6 Å². The Morgan fingerprint density at radius 3 is 2.58 bits per heavy atom. The molecule has 164 valence electrons. The van der Waals surface area contributed by atoms with Crippen molar-refractivity contribution in [3.8, 4) is 0 Å². The number of hydrogen-bond acceptors (Lipinski definition) is 4. The molecule has 0 saturated heterocycles. The number of rotatable bonds is 5. The molecule has 0 unspecified atom stereocenters. The maximum Gasteiger partial charge on any atom is 0.294 e. The Labute approximate surface area is 179 Å². The number of aliphatic hydroxyl groups is 1. The number of aromatic nitrogens is 1. The number of carbonyl (C=O) groups excluding carboxylic acids is 3. The van der Waals surface area contributed by atoms with Crippen LogP contribution in [-0.4, -0.2) is 39.4 Å². The lowest BCUT2D eigenvalue weighted by Gasteiger charge is -2.31. The number of hydrogen-bond donors (Lipinski definition) is 3. The van der Waals surface area contributed by atoms with Crippen LogP contribution in [0.15, 0.2) is 18.2 Å². The van der Waals surface area contributed by atoms with Gasteiger partial charge in [-0.25, -0.2) is 4.39 Å². The van der Waals surface area contributed by atoms with E-state index in [1.807, 2.05) is 0 Å². The molecule has 2 amide bonds. The number of nitrogens with one attached hydrogen (secondary N) is 2. The van der Waals surface area contributed by atoms with Gasteiger partial charge in [0.1, 0.15) is 5.82 Å². The van der Waals surface area contributed by atoms with Crippen molar-refractivity contribution in [3.05, 3.63) is 52.1 Å². The van der Waals surface area contributed by atoms with Crippen LogP contribution in [0.4, 0.5) is 10.1 Å². The van der Waals surface area contributed by atoms with E-state index < -0.39 is 17.8 Å². The van der Waals surface area contributed by atoms with Gasteiger partial charge in [0.15, 0.2) is 0 Å². The molecule has 1 aromatic heterocycles. The van der Waals surface area contributed by atoms with Crippen molar-refractivity contribution in [1.29, 1.82) is 0 Å². The lowest BCUT2D eigenvalue weighted by atomic mass is 9.89. The molecular weight excluding hydrogens is 401 g/mol. The zero-order chi connectivity index (χ0) is 22.3. The summed E-state index contributed by atoms with van der Waals surface area (Å²) in [6.45, 7) is 3.87. The third-order valence-electron chi connectivity index (χ3n) is 6.17. The van der Waals surface area contributed by atoms with Gasteiger partial charge in [-0.1, -0.05) is 0 Å².